The van der Waals surface area contributed by atoms with E-state index in [0.717, 1.165) is 15.6 Å². The Labute approximate surface area is 132 Å². The van der Waals surface area contributed by atoms with Crippen LogP contribution in [0.1, 0.15) is 30.7 Å². The van der Waals surface area contributed by atoms with E-state index < -0.39 is 4.92 Å². The van der Waals surface area contributed by atoms with Crippen LogP contribution >= 0.6 is 22.9 Å². The fourth-order valence-electron chi connectivity index (χ4n) is 1.69. The summed E-state index contributed by atoms with van der Waals surface area (Å²) in [5, 5.41) is 15.1. The third kappa shape index (κ3) is 3.92. The summed E-state index contributed by atoms with van der Waals surface area (Å²) < 4.78 is 0. The monoisotopic (exact) mass is 325 g/mol. The normalized spacial score (nSPS) is 11.4. The van der Waals surface area contributed by atoms with Gasteiger partial charge in [0, 0.05) is 28.2 Å². The Bertz CT molecular complexity index is 664. The van der Waals surface area contributed by atoms with Gasteiger partial charge in [-0.05, 0) is 12.1 Å². The molecule has 0 spiro atoms. The summed E-state index contributed by atoms with van der Waals surface area (Å²) in [6.45, 7) is 6.99. The molecule has 0 aliphatic carbocycles. The van der Waals surface area contributed by atoms with E-state index in [1.807, 2.05) is 6.20 Å². The van der Waals surface area contributed by atoms with Crippen LogP contribution in [0.3, 0.4) is 0 Å². The second kappa shape index (κ2) is 5.99. The van der Waals surface area contributed by atoms with Crippen LogP contribution in [0.25, 0.3) is 0 Å². The number of hydrogen-bond donors (Lipinski definition) is 1. The molecule has 0 radical (unpaired) electrons. The van der Waals surface area contributed by atoms with Crippen molar-refractivity contribution in [3.63, 3.8) is 0 Å². The second-order valence-electron chi connectivity index (χ2n) is 5.66. The Morgan fingerprint density at radius 1 is 1.43 bits per heavy atom. The highest BCUT2D eigenvalue weighted by molar-refractivity contribution is 7.11. The zero-order valence-electron chi connectivity index (χ0n) is 12.0. The highest BCUT2D eigenvalue weighted by atomic mass is 35.5. The van der Waals surface area contributed by atoms with Crippen LogP contribution in [0.2, 0.25) is 5.02 Å². The highest BCUT2D eigenvalue weighted by Gasteiger charge is 2.18. The summed E-state index contributed by atoms with van der Waals surface area (Å²) in [7, 11) is 0. The zero-order valence-corrected chi connectivity index (χ0v) is 13.6. The molecule has 1 aromatic carbocycles. The lowest BCUT2D eigenvalue weighted by molar-refractivity contribution is -0.384. The molecule has 0 saturated heterocycles. The Morgan fingerprint density at radius 3 is 2.67 bits per heavy atom. The largest absolute Gasteiger partial charge is 0.380 e. The molecule has 5 nitrogen and oxygen atoms in total. The molecule has 1 heterocycles. The molecule has 1 aromatic heterocycles. The van der Waals surface area contributed by atoms with Crippen LogP contribution in [0.4, 0.5) is 11.4 Å². The van der Waals surface area contributed by atoms with E-state index in [1.165, 1.54) is 6.07 Å². The van der Waals surface area contributed by atoms with Crippen LogP contribution < -0.4 is 5.32 Å². The maximum Gasteiger partial charge on any atom is 0.288 e. The van der Waals surface area contributed by atoms with Crippen molar-refractivity contribution >= 4 is 34.3 Å². The second-order valence-corrected chi connectivity index (χ2v) is 7.18. The van der Waals surface area contributed by atoms with Gasteiger partial charge in [0.15, 0.2) is 0 Å². The van der Waals surface area contributed by atoms with E-state index in [2.05, 4.69) is 31.1 Å². The van der Waals surface area contributed by atoms with E-state index >= 15 is 0 Å². The number of nitro benzene ring substituents is 1. The summed E-state index contributed by atoms with van der Waals surface area (Å²) in [5.74, 6) is 0. The van der Waals surface area contributed by atoms with Gasteiger partial charge < -0.3 is 5.32 Å². The number of nitrogens with zero attached hydrogens (tertiary/aromatic N) is 2. The van der Waals surface area contributed by atoms with Crippen LogP contribution in [0, 0.1) is 10.1 Å². The molecule has 0 saturated carbocycles. The van der Waals surface area contributed by atoms with Gasteiger partial charge in [-0.1, -0.05) is 32.4 Å². The third-order valence-electron chi connectivity index (χ3n) is 2.81. The number of rotatable bonds is 4. The first-order valence-electron chi connectivity index (χ1n) is 6.40. The molecular formula is C14H16ClN3O2S. The van der Waals surface area contributed by atoms with Gasteiger partial charge >= 0.3 is 0 Å². The van der Waals surface area contributed by atoms with Crippen LogP contribution in [0.5, 0.6) is 0 Å². The van der Waals surface area contributed by atoms with E-state index in [1.54, 1.807) is 23.5 Å². The molecule has 1 N–H and O–H groups in total. The number of thiazole rings is 1. The minimum absolute atomic E-state index is 0.0413. The first-order chi connectivity index (χ1) is 9.77. The maximum absolute atomic E-state index is 10.7. The van der Waals surface area contributed by atoms with Gasteiger partial charge in [0.25, 0.3) is 5.69 Å². The summed E-state index contributed by atoms with van der Waals surface area (Å²) in [5.41, 5.74) is 0.700. The molecule has 21 heavy (non-hydrogen) atoms. The first kappa shape index (κ1) is 15.7. The van der Waals surface area contributed by atoms with Crippen molar-refractivity contribution in [2.45, 2.75) is 32.7 Å². The van der Waals surface area contributed by atoms with Crippen molar-refractivity contribution in [2.24, 2.45) is 0 Å². The van der Waals surface area contributed by atoms with Gasteiger partial charge in [0.2, 0.25) is 0 Å². The van der Waals surface area contributed by atoms with E-state index in [9.17, 15) is 10.1 Å². The number of benzene rings is 1. The first-order valence-corrected chi connectivity index (χ1v) is 7.60. The van der Waals surface area contributed by atoms with Crippen molar-refractivity contribution in [1.82, 2.24) is 4.98 Å². The van der Waals surface area contributed by atoms with Crippen molar-refractivity contribution in [3.8, 4) is 0 Å². The third-order valence-corrected chi connectivity index (χ3v) is 4.53. The molecule has 0 unspecified atom stereocenters. The molecule has 0 aliphatic heterocycles. The molecule has 0 fully saturated rings. The number of aromatic nitrogens is 1. The molecule has 2 rings (SSSR count). The van der Waals surface area contributed by atoms with Gasteiger partial charge in [0.05, 0.1) is 16.5 Å². The Kier molecular flexibility index (Phi) is 4.49. The van der Waals surface area contributed by atoms with E-state index in [0.29, 0.717) is 6.54 Å². The van der Waals surface area contributed by atoms with Crippen molar-refractivity contribution in [2.75, 3.05) is 5.32 Å². The predicted octanol–water partition coefficient (Wildman–Crippen LogP) is 4.61. The zero-order chi connectivity index (χ0) is 15.6. The van der Waals surface area contributed by atoms with Gasteiger partial charge in [-0.25, -0.2) is 4.98 Å². The summed E-state index contributed by atoms with van der Waals surface area (Å²) >= 11 is 7.54. The predicted molar refractivity (Wildman–Crippen MR) is 86.2 cm³/mol. The minimum atomic E-state index is -0.495. The smallest absolute Gasteiger partial charge is 0.288 e. The fourth-order valence-corrected chi connectivity index (χ4v) is 2.85. The number of halogens is 1. The quantitative estimate of drug-likeness (QED) is 0.658. The molecule has 7 heteroatoms. The lowest BCUT2D eigenvalue weighted by atomic mass is 9.98. The number of hydrogen-bond acceptors (Lipinski definition) is 5. The molecular weight excluding hydrogens is 310 g/mol. The van der Waals surface area contributed by atoms with E-state index in [-0.39, 0.29) is 16.1 Å². The summed E-state index contributed by atoms with van der Waals surface area (Å²) in [6.07, 6.45) is 1.85. The average Bonchev–Trinajstić information content (AvgIpc) is 2.84. The summed E-state index contributed by atoms with van der Waals surface area (Å²) in [6, 6.07) is 4.61. The van der Waals surface area contributed by atoms with Crippen LogP contribution in [0.15, 0.2) is 24.4 Å². The molecule has 112 valence electrons. The lowest BCUT2D eigenvalue weighted by Gasteiger charge is -2.13. The number of anilines is 1. The van der Waals surface area contributed by atoms with Gasteiger partial charge in [0.1, 0.15) is 5.02 Å². The fraction of sp³-hybridized carbons (Fsp3) is 0.357. The van der Waals surface area contributed by atoms with Gasteiger partial charge in [-0.3, -0.25) is 10.1 Å². The average molecular weight is 326 g/mol. The SMILES string of the molecule is CC(C)(C)c1ncc(CNc2ccc([N+](=O)[O-])c(Cl)c2)s1. The molecule has 0 aliphatic rings. The maximum atomic E-state index is 10.7. The Morgan fingerprint density at radius 2 is 2.14 bits per heavy atom. The van der Waals surface area contributed by atoms with Crippen molar-refractivity contribution < 1.29 is 4.92 Å². The number of nitro groups is 1. The molecule has 2 aromatic rings. The minimum Gasteiger partial charge on any atom is -0.380 e. The van der Waals surface area contributed by atoms with Crippen molar-refractivity contribution in [3.05, 3.63) is 49.4 Å². The van der Waals surface area contributed by atoms with Crippen LogP contribution in [-0.2, 0) is 12.0 Å². The molecule has 0 atom stereocenters. The van der Waals surface area contributed by atoms with E-state index in [4.69, 9.17) is 11.6 Å². The highest BCUT2D eigenvalue weighted by Crippen LogP contribution is 2.29. The Balaban J connectivity index is 2.05. The van der Waals surface area contributed by atoms with Crippen molar-refractivity contribution in [1.29, 1.82) is 0 Å². The van der Waals surface area contributed by atoms with Gasteiger partial charge in [-0.2, -0.15) is 0 Å². The van der Waals surface area contributed by atoms with Crippen LogP contribution in [-0.4, -0.2) is 9.91 Å². The standard InChI is InChI=1S/C14H16ClN3O2S/c1-14(2,3)13-17-8-10(21-13)7-16-9-4-5-12(18(19)20)11(15)6-9/h4-6,8,16H,7H2,1-3H3. The molecule has 0 amide bonds. The number of nitrogens with one attached hydrogen (secondary N) is 1. The Hall–Kier alpha value is -1.66. The topological polar surface area (TPSA) is 68.1 Å². The molecule has 0 bridgehead atoms. The lowest BCUT2D eigenvalue weighted by Crippen LogP contribution is -2.09. The van der Waals surface area contributed by atoms with Gasteiger partial charge in [-0.15, -0.1) is 11.3 Å². The summed E-state index contributed by atoms with van der Waals surface area (Å²) in [4.78, 5) is 15.7.